The van der Waals surface area contributed by atoms with E-state index in [2.05, 4.69) is 5.32 Å². The summed E-state index contributed by atoms with van der Waals surface area (Å²) < 4.78 is 36.6. The average Bonchev–Trinajstić information content (AvgIpc) is 2.91. The number of carboxylic acid groups (broad SMARTS) is 1. The van der Waals surface area contributed by atoms with Crippen LogP contribution in [0.15, 0.2) is 0 Å². The van der Waals surface area contributed by atoms with Gasteiger partial charge in [0.05, 0.1) is 0 Å². The summed E-state index contributed by atoms with van der Waals surface area (Å²) in [6, 6.07) is 0. The van der Waals surface area contributed by atoms with Crippen LogP contribution in [-0.4, -0.2) is 30.3 Å². The van der Waals surface area contributed by atoms with Gasteiger partial charge in [-0.15, -0.1) is 0 Å². The fourth-order valence-electron chi connectivity index (χ4n) is 1.51. The lowest BCUT2D eigenvalue weighted by Gasteiger charge is -2.16. The topological polar surface area (TPSA) is 49.3 Å². The fraction of sp³-hybridized carbons (Fsp3) is 0.900. The number of halogens is 3. The van der Waals surface area contributed by atoms with E-state index in [1.54, 1.807) is 0 Å². The molecule has 1 saturated carbocycles. The lowest BCUT2D eigenvalue weighted by molar-refractivity contribution is -0.192. The zero-order chi connectivity index (χ0) is 12.2. The normalized spacial score (nSPS) is 18.4. The lowest BCUT2D eigenvalue weighted by Crippen LogP contribution is -2.39. The summed E-state index contributed by atoms with van der Waals surface area (Å²) in [6.45, 7) is -0.0835. The maximum absolute atomic E-state index is 12.2. The molecule has 1 rings (SSSR count). The highest BCUT2D eigenvalue weighted by Gasteiger charge is 2.44. The third-order valence-corrected chi connectivity index (χ3v) is 2.70. The van der Waals surface area contributed by atoms with Crippen LogP contribution >= 0.6 is 0 Å². The monoisotopic (exact) mass is 239 g/mol. The summed E-state index contributed by atoms with van der Waals surface area (Å²) in [5.41, 5.74) is 0. The number of aliphatic carboxylic acids is 1. The quantitative estimate of drug-likeness (QED) is 0.668. The van der Waals surface area contributed by atoms with E-state index in [0.717, 1.165) is 18.8 Å². The number of alkyl halides is 3. The largest absolute Gasteiger partial charge is 0.481 e. The van der Waals surface area contributed by atoms with Crippen molar-refractivity contribution >= 4 is 5.97 Å². The highest BCUT2D eigenvalue weighted by molar-refractivity contribution is 5.71. The van der Waals surface area contributed by atoms with Gasteiger partial charge >= 0.3 is 12.1 Å². The highest BCUT2D eigenvalue weighted by atomic mass is 19.4. The van der Waals surface area contributed by atoms with Crippen molar-refractivity contribution in [2.45, 2.75) is 31.9 Å². The molecule has 3 nitrogen and oxygen atoms in total. The summed E-state index contributed by atoms with van der Waals surface area (Å²) in [4.78, 5) is 10.4. The van der Waals surface area contributed by atoms with Crippen LogP contribution in [0, 0.1) is 11.8 Å². The first kappa shape index (κ1) is 13.3. The van der Waals surface area contributed by atoms with Crippen molar-refractivity contribution in [3.63, 3.8) is 0 Å². The van der Waals surface area contributed by atoms with Crippen molar-refractivity contribution in [3.8, 4) is 0 Å². The molecule has 0 aliphatic heterocycles. The second-order valence-corrected chi connectivity index (χ2v) is 4.22. The van der Waals surface area contributed by atoms with Crippen molar-refractivity contribution < 1.29 is 23.1 Å². The standard InChI is InChI=1S/C10H16F3NO2/c11-10(12,13)8(9(15)16)6-14-5-1-2-7-3-4-7/h7-8,14H,1-6H2,(H,15,16). The Hall–Kier alpha value is -0.780. The Balaban J connectivity index is 2.13. The molecule has 94 valence electrons. The Morgan fingerprint density at radius 1 is 1.44 bits per heavy atom. The average molecular weight is 239 g/mol. The minimum Gasteiger partial charge on any atom is -0.481 e. The van der Waals surface area contributed by atoms with Crippen LogP contribution in [0.1, 0.15) is 25.7 Å². The maximum Gasteiger partial charge on any atom is 0.403 e. The molecular weight excluding hydrogens is 223 g/mol. The molecule has 0 bridgehead atoms. The Bertz CT molecular complexity index is 239. The Morgan fingerprint density at radius 3 is 2.50 bits per heavy atom. The molecule has 0 heterocycles. The number of carbonyl (C=O) groups is 1. The van der Waals surface area contributed by atoms with Crippen molar-refractivity contribution in [1.82, 2.24) is 5.32 Å². The van der Waals surface area contributed by atoms with Crippen LogP contribution in [0.3, 0.4) is 0 Å². The van der Waals surface area contributed by atoms with E-state index in [0.29, 0.717) is 6.54 Å². The van der Waals surface area contributed by atoms with Crippen LogP contribution in [0.5, 0.6) is 0 Å². The van der Waals surface area contributed by atoms with E-state index >= 15 is 0 Å². The van der Waals surface area contributed by atoms with Gasteiger partial charge in [-0.2, -0.15) is 13.2 Å². The minimum absolute atomic E-state index is 0.455. The summed E-state index contributed by atoms with van der Waals surface area (Å²) in [6.07, 6.45) is -0.387. The zero-order valence-corrected chi connectivity index (χ0v) is 8.89. The van der Waals surface area contributed by atoms with Crippen molar-refractivity contribution in [2.75, 3.05) is 13.1 Å². The van der Waals surface area contributed by atoms with Crippen LogP contribution in [0.4, 0.5) is 13.2 Å². The van der Waals surface area contributed by atoms with Gasteiger partial charge in [-0.1, -0.05) is 12.8 Å². The zero-order valence-electron chi connectivity index (χ0n) is 8.89. The highest BCUT2D eigenvalue weighted by Crippen LogP contribution is 2.33. The first-order chi connectivity index (χ1) is 7.41. The van der Waals surface area contributed by atoms with Crippen molar-refractivity contribution in [2.24, 2.45) is 11.8 Å². The molecule has 1 aliphatic carbocycles. The third-order valence-electron chi connectivity index (χ3n) is 2.70. The van der Waals surface area contributed by atoms with E-state index in [1.807, 2.05) is 0 Å². The first-order valence-corrected chi connectivity index (χ1v) is 5.41. The second-order valence-electron chi connectivity index (χ2n) is 4.22. The Labute approximate surface area is 92.0 Å². The van der Waals surface area contributed by atoms with E-state index < -0.39 is 24.6 Å². The minimum atomic E-state index is -4.67. The van der Waals surface area contributed by atoms with E-state index in [9.17, 15) is 18.0 Å². The predicted molar refractivity (Wildman–Crippen MR) is 52.0 cm³/mol. The summed E-state index contributed by atoms with van der Waals surface area (Å²) >= 11 is 0. The van der Waals surface area contributed by atoms with Gasteiger partial charge in [0.1, 0.15) is 0 Å². The molecule has 1 atom stereocenters. The predicted octanol–water partition coefficient (Wildman–Crippen LogP) is 2.03. The van der Waals surface area contributed by atoms with Gasteiger partial charge in [0.15, 0.2) is 5.92 Å². The van der Waals surface area contributed by atoms with Crippen LogP contribution < -0.4 is 5.32 Å². The summed E-state index contributed by atoms with van der Waals surface area (Å²) in [5.74, 6) is -3.37. The number of hydrogen-bond acceptors (Lipinski definition) is 2. The molecule has 2 N–H and O–H groups in total. The molecule has 0 aromatic heterocycles. The molecule has 0 aromatic rings. The van der Waals surface area contributed by atoms with Gasteiger partial charge in [0, 0.05) is 6.54 Å². The molecule has 16 heavy (non-hydrogen) atoms. The molecule has 0 spiro atoms. The number of carboxylic acids is 1. The second kappa shape index (κ2) is 5.52. The molecule has 0 radical (unpaired) electrons. The molecule has 1 unspecified atom stereocenters. The SMILES string of the molecule is O=C(O)C(CNCCCC1CC1)C(F)(F)F. The van der Waals surface area contributed by atoms with Crippen LogP contribution in [0.2, 0.25) is 0 Å². The molecule has 0 amide bonds. The molecular formula is C10H16F3NO2. The lowest BCUT2D eigenvalue weighted by atomic mass is 10.1. The van der Waals surface area contributed by atoms with Gasteiger partial charge in [-0.3, -0.25) is 4.79 Å². The third kappa shape index (κ3) is 4.83. The van der Waals surface area contributed by atoms with Gasteiger partial charge in [-0.05, 0) is 25.3 Å². The first-order valence-electron chi connectivity index (χ1n) is 5.41. The number of nitrogens with one attached hydrogen (secondary N) is 1. The van der Waals surface area contributed by atoms with Crippen molar-refractivity contribution in [1.29, 1.82) is 0 Å². The van der Waals surface area contributed by atoms with E-state index in [-0.39, 0.29) is 0 Å². The molecule has 6 heteroatoms. The molecule has 1 aliphatic rings. The summed E-state index contributed by atoms with van der Waals surface area (Å²) in [5, 5.41) is 11.0. The van der Waals surface area contributed by atoms with E-state index in [1.165, 1.54) is 12.8 Å². The van der Waals surface area contributed by atoms with Gasteiger partial charge in [0.2, 0.25) is 0 Å². The van der Waals surface area contributed by atoms with Crippen molar-refractivity contribution in [3.05, 3.63) is 0 Å². The summed E-state index contributed by atoms with van der Waals surface area (Å²) in [7, 11) is 0. The molecule has 0 saturated heterocycles. The fourth-order valence-corrected chi connectivity index (χ4v) is 1.51. The number of hydrogen-bond donors (Lipinski definition) is 2. The Kier molecular flexibility index (Phi) is 4.58. The van der Waals surface area contributed by atoms with Gasteiger partial charge < -0.3 is 10.4 Å². The molecule has 0 aromatic carbocycles. The smallest absolute Gasteiger partial charge is 0.403 e. The molecule has 1 fully saturated rings. The maximum atomic E-state index is 12.2. The van der Waals surface area contributed by atoms with Gasteiger partial charge in [0.25, 0.3) is 0 Å². The van der Waals surface area contributed by atoms with Gasteiger partial charge in [-0.25, -0.2) is 0 Å². The van der Waals surface area contributed by atoms with Crippen LogP contribution in [-0.2, 0) is 4.79 Å². The van der Waals surface area contributed by atoms with E-state index in [4.69, 9.17) is 5.11 Å². The van der Waals surface area contributed by atoms with Crippen LogP contribution in [0.25, 0.3) is 0 Å². The Morgan fingerprint density at radius 2 is 2.06 bits per heavy atom. The number of rotatable bonds is 7.